The molecule has 0 fully saturated rings. The molecular formula is C14H13NO4S. The fraction of sp³-hybridized carbons (Fsp3) is 0.143. The maximum Gasteiger partial charge on any atom is 0.339 e. The van der Waals surface area contributed by atoms with Crippen LogP contribution >= 0.6 is 0 Å². The molecule has 0 saturated carbocycles. The first-order valence-electron chi connectivity index (χ1n) is 5.75. The average Bonchev–Trinajstić information content (AvgIpc) is 2.46. The molecular weight excluding hydrogens is 278 g/mol. The number of sulfone groups is 1. The van der Waals surface area contributed by atoms with E-state index in [9.17, 15) is 13.2 Å². The quantitative estimate of drug-likeness (QED) is 0.808. The lowest BCUT2D eigenvalue weighted by molar-refractivity contribution is 0.0600. The van der Waals surface area contributed by atoms with E-state index >= 15 is 0 Å². The number of carbonyl (C=O) groups excluding carboxylic acids is 1. The van der Waals surface area contributed by atoms with Crippen LogP contribution in [0.4, 0.5) is 0 Å². The lowest BCUT2D eigenvalue weighted by atomic mass is 10.1. The standard InChI is InChI=1S/C14H13NO4S/c1-19-14(16)12-6-11(8-15-9-12)10-4-3-5-13(7-10)20(2,17)18/h3-9H,1-2H3. The van der Waals surface area contributed by atoms with Gasteiger partial charge in [-0.3, -0.25) is 4.98 Å². The predicted octanol–water partition coefficient (Wildman–Crippen LogP) is 1.94. The molecule has 6 heteroatoms. The molecule has 20 heavy (non-hydrogen) atoms. The molecule has 5 nitrogen and oxygen atoms in total. The van der Waals surface area contributed by atoms with Crippen molar-refractivity contribution in [1.82, 2.24) is 4.98 Å². The lowest BCUT2D eigenvalue weighted by Gasteiger charge is -2.05. The van der Waals surface area contributed by atoms with Gasteiger partial charge in [0, 0.05) is 24.2 Å². The summed E-state index contributed by atoms with van der Waals surface area (Å²) in [7, 11) is -1.99. The van der Waals surface area contributed by atoms with Crippen molar-refractivity contribution < 1.29 is 17.9 Å². The number of aromatic nitrogens is 1. The van der Waals surface area contributed by atoms with Gasteiger partial charge in [0.25, 0.3) is 0 Å². The fourth-order valence-corrected chi connectivity index (χ4v) is 2.40. The number of nitrogens with zero attached hydrogens (tertiary/aromatic N) is 1. The van der Waals surface area contributed by atoms with Gasteiger partial charge in [0.15, 0.2) is 9.84 Å². The number of hydrogen-bond acceptors (Lipinski definition) is 5. The Balaban J connectivity index is 2.50. The van der Waals surface area contributed by atoms with Crippen LogP contribution in [-0.4, -0.2) is 32.7 Å². The highest BCUT2D eigenvalue weighted by Crippen LogP contribution is 2.22. The smallest absolute Gasteiger partial charge is 0.339 e. The fourth-order valence-electron chi connectivity index (χ4n) is 1.73. The van der Waals surface area contributed by atoms with Gasteiger partial charge >= 0.3 is 5.97 Å². The van der Waals surface area contributed by atoms with Crippen LogP contribution in [-0.2, 0) is 14.6 Å². The number of ether oxygens (including phenoxy) is 1. The Morgan fingerprint density at radius 1 is 1.15 bits per heavy atom. The van der Waals surface area contributed by atoms with E-state index in [1.54, 1.807) is 30.5 Å². The van der Waals surface area contributed by atoms with Crippen molar-refractivity contribution >= 4 is 15.8 Å². The van der Waals surface area contributed by atoms with Crippen LogP contribution in [0.5, 0.6) is 0 Å². The molecule has 0 spiro atoms. The molecule has 104 valence electrons. The molecule has 0 aliphatic carbocycles. The molecule has 0 unspecified atom stereocenters. The molecule has 2 aromatic rings. The van der Waals surface area contributed by atoms with Crippen molar-refractivity contribution in [2.45, 2.75) is 4.90 Å². The summed E-state index contributed by atoms with van der Waals surface area (Å²) in [6.45, 7) is 0. The molecule has 0 bridgehead atoms. The topological polar surface area (TPSA) is 73.3 Å². The van der Waals surface area contributed by atoms with Gasteiger partial charge in [-0.05, 0) is 23.8 Å². The third kappa shape index (κ3) is 3.03. The molecule has 0 aliphatic rings. The Hall–Kier alpha value is -2.21. The van der Waals surface area contributed by atoms with E-state index in [0.29, 0.717) is 16.7 Å². The summed E-state index contributed by atoms with van der Waals surface area (Å²) in [6, 6.07) is 8.09. The summed E-state index contributed by atoms with van der Waals surface area (Å²) in [5.41, 5.74) is 1.64. The van der Waals surface area contributed by atoms with Gasteiger partial charge < -0.3 is 4.74 Å². The largest absolute Gasteiger partial charge is 0.465 e. The summed E-state index contributed by atoms with van der Waals surface area (Å²) in [5.74, 6) is -0.487. The van der Waals surface area contributed by atoms with Crippen LogP contribution < -0.4 is 0 Å². The van der Waals surface area contributed by atoms with Crippen LogP contribution in [0.15, 0.2) is 47.6 Å². The maximum absolute atomic E-state index is 11.5. The number of carbonyl (C=O) groups is 1. The molecule has 0 radical (unpaired) electrons. The minimum Gasteiger partial charge on any atom is -0.465 e. The molecule has 0 aliphatic heterocycles. The average molecular weight is 291 g/mol. The van der Waals surface area contributed by atoms with Crippen LogP contribution in [0.1, 0.15) is 10.4 Å². The van der Waals surface area contributed by atoms with Crippen LogP contribution in [0.2, 0.25) is 0 Å². The van der Waals surface area contributed by atoms with Crippen molar-refractivity contribution in [2.24, 2.45) is 0 Å². The zero-order valence-electron chi connectivity index (χ0n) is 11.0. The van der Waals surface area contributed by atoms with E-state index in [1.165, 1.54) is 19.4 Å². The lowest BCUT2D eigenvalue weighted by Crippen LogP contribution is -2.02. The number of hydrogen-bond donors (Lipinski definition) is 0. The first kappa shape index (κ1) is 14.2. The first-order valence-corrected chi connectivity index (χ1v) is 7.65. The molecule has 2 rings (SSSR count). The maximum atomic E-state index is 11.5. The van der Waals surface area contributed by atoms with E-state index in [2.05, 4.69) is 9.72 Å². The van der Waals surface area contributed by atoms with E-state index in [-0.39, 0.29) is 4.90 Å². The Kier molecular flexibility index (Phi) is 3.85. The Morgan fingerprint density at radius 2 is 1.90 bits per heavy atom. The highest BCUT2D eigenvalue weighted by molar-refractivity contribution is 7.90. The highest BCUT2D eigenvalue weighted by atomic mass is 32.2. The number of benzene rings is 1. The SMILES string of the molecule is COC(=O)c1cncc(-c2cccc(S(C)(=O)=O)c2)c1. The van der Waals surface area contributed by atoms with Crippen LogP contribution in [0, 0.1) is 0 Å². The highest BCUT2D eigenvalue weighted by Gasteiger charge is 2.11. The molecule has 0 N–H and O–H groups in total. The third-order valence-electron chi connectivity index (χ3n) is 2.75. The number of pyridine rings is 1. The van der Waals surface area contributed by atoms with E-state index in [4.69, 9.17) is 0 Å². The third-order valence-corrected chi connectivity index (χ3v) is 3.87. The van der Waals surface area contributed by atoms with Gasteiger partial charge in [-0.1, -0.05) is 12.1 Å². The molecule has 1 aromatic heterocycles. The summed E-state index contributed by atoms with van der Waals surface area (Å²) >= 11 is 0. The number of methoxy groups -OCH3 is 1. The molecule has 0 saturated heterocycles. The summed E-state index contributed by atoms with van der Waals surface area (Å²) in [4.78, 5) is 15.7. The Morgan fingerprint density at radius 3 is 2.55 bits per heavy atom. The van der Waals surface area contributed by atoms with Gasteiger partial charge in [-0.2, -0.15) is 0 Å². The van der Waals surface area contributed by atoms with Gasteiger partial charge in [0.05, 0.1) is 17.6 Å². The minimum absolute atomic E-state index is 0.221. The van der Waals surface area contributed by atoms with Crippen molar-refractivity contribution in [3.8, 4) is 11.1 Å². The van der Waals surface area contributed by atoms with Crippen LogP contribution in [0.3, 0.4) is 0 Å². The van der Waals surface area contributed by atoms with E-state index < -0.39 is 15.8 Å². The summed E-state index contributed by atoms with van der Waals surface area (Å²) < 4.78 is 27.7. The molecule has 0 amide bonds. The van der Waals surface area contributed by atoms with Gasteiger partial charge in [-0.15, -0.1) is 0 Å². The zero-order chi connectivity index (χ0) is 14.8. The molecule has 1 heterocycles. The summed E-state index contributed by atoms with van der Waals surface area (Å²) in [6.07, 6.45) is 4.11. The molecule has 1 aromatic carbocycles. The first-order chi connectivity index (χ1) is 9.41. The normalized spacial score (nSPS) is 11.1. The monoisotopic (exact) mass is 291 g/mol. The Bertz CT molecular complexity index is 753. The summed E-state index contributed by atoms with van der Waals surface area (Å²) in [5, 5.41) is 0. The predicted molar refractivity (Wildman–Crippen MR) is 74.1 cm³/mol. The second-order valence-corrected chi connectivity index (χ2v) is 6.27. The van der Waals surface area contributed by atoms with Crippen molar-refractivity contribution in [3.63, 3.8) is 0 Å². The van der Waals surface area contributed by atoms with Crippen molar-refractivity contribution in [3.05, 3.63) is 48.3 Å². The van der Waals surface area contributed by atoms with Crippen molar-refractivity contribution in [2.75, 3.05) is 13.4 Å². The second kappa shape index (κ2) is 5.42. The second-order valence-electron chi connectivity index (χ2n) is 4.25. The number of rotatable bonds is 3. The molecule has 0 atom stereocenters. The Labute approximate surface area is 117 Å². The zero-order valence-corrected chi connectivity index (χ0v) is 11.8. The van der Waals surface area contributed by atoms with Gasteiger partial charge in [-0.25, -0.2) is 13.2 Å². The van der Waals surface area contributed by atoms with Crippen LogP contribution in [0.25, 0.3) is 11.1 Å². The van der Waals surface area contributed by atoms with E-state index in [0.717, 1.165) is 6.26 Å². The van der Waals surface area contributed by atoms with E-state index in [1.807, 2.05) is 0 Å². The number of esters is 1. The van der Waals surface area contributed by atoms with Gasteiger partial charge in [0.1, 0.15) is 0 Å². The van der Waals surface area contributed by atoms with Crippen molar-refractivity contribution in [1.29, 1.82) is 0 Å². The van der Waals surface area contributed by atoms with Gasteiger partial charge in [0.2, 0.25) is 0 Å². The minimum atomic E-state index is -3.28.